The van der Waals surface area contributed by atoms with Crippen molar-refractivity contribution in [3.8, 4) is 5.75 Å². The van der Waals surface area contributed by atoms with Gasteiger partial charge in [0.2, 0.25) is 10.0 Å². The summed E-state index contributed by atoms with van der Waals surface area (Å²) >= 11 is 0. The topological polar surface area (TPSA) is 81.4 Å². The largest absolute Gasteiger partial charge is 0.494 e. The molecule has 1 aromatic rings. The molecule has 0 saturated heterocycles. The van der Waals surface area contributed by atoms with Crippen LogP contribution >= 0.6 is 0 Å². The van der Waals surface area contributed by atoms with Gasteiger partial charge in [-0.1, -0.05) is 12.8 Å². The highest BCUT2D eigenvalue weighted by molar-refractivity contribution is 7.89. The third-order valence-corrected chi connectivity index (χ3v) is 5.23. The van der Waals surface area contributed by atoms with Crippen LogP contribution in [-0.2, 0) is 10.0 Å². The van der Waals surface area contributed by atoms with Gasteiger partial charge in [-0.05, 0) is 56.0 Å². The molecule has 118 valence electrons. The lowest BCUT2D eigenvalue weighted by atomic mass is 10.1. The van der Waals surface area contributed by atoms with E-state index in [1.807, 2.05) is 0 Å². The van der Waals surface area contributed by atoms with Gasteiger partial charge in [0.1, 0.15) is 5.75 Å². The highest BCUT2D eigenvalue weighted by atomic mass is 32.2. The molecule has 0 amide bonds. The van der Waals surface area contributed by atoms with Gasteiger partial charge in [0.05, 0.1) is 11.5 Å². The van der Waals surface area contributed by atoms with E-state index in [1.165, 1.54) is 12.8 Å². The summed E-state index contributed by atoms with van der Waals surface area (Å²) < 4.78 is 32.5. The molecule has 1 fully saturated rings. The van der Waals surface area contributed by atoms with Crippen molar-refractivity contribution in [2.24, 2.45) is 11.7 Å². The quantitative estimate of drug-likeness (QED) is 0.718. The summed E-state index contributed by atoms with van der Waals surface area (Å²) in [7, 11) is -3.42. The number of benzene rings is 1. The third-order valence-electron chi connectivity index (χ3n) is 3.79. The molecular weight excluding hydrogens is 288 g/mol. The van der Waals surface area contributed by atoms with Crippen LogP contribution in [0.5, 0.6) is 5.75 Å². The fourth-order valence-electron chi connectivity index (χ4n) is 2.51. The highest BCUT2D eigenvalue weighted by Gasteiger charge is 2.19. The molecule has 0 unspecified atom stereocenters. The summed E-state index contributed by atoms with van der Waals surface area (Å²) in [5.74, 6) is 1.15. The van der Waals surface area contributed by atoms with Crippen LogP contribution in [0.25, 0.3) is 0 Å². The molecule has 0 aromatic heterocycles. The first-order chi connectivity index (χ1) is 10.1. The Morgan fingerprint density at radius 2 is 1.86 bits per heavy atom. The van der Waals surface area contributed by atoms with E-state index < -0.39 is 10.0 Å². The van der Waals surface area contributed by atoms with E-state index in [1.54, 1.807) is 24.3 Å². The van der Waals surface area contributed by atoms with Crippen LogP contribution in [0.2, 0.25) is 0 Å². The Bertz CT molecular complexity index is 522. The summed E-state index contributed by atoms with van der Waals surface area (Å²) in [6.07, 6.45) is 5.44. The molecule has 3 N–H and O–H groups in total. The smallest absolute Gasteiger partial charge is 0.240 e. The van der Waals surface area contributed by atoms with Crippen molar-refractivity contribution in [2.75, 3.05) is 19.7 Å². The number of nitrogens with one attached hydrogen (secondary N) is 1. The van der Waals surface area contributed by atoms with Crippen LogP contribution < -0.4 is 15.2 Å². The van der Waals surface area contributed by atoms with Crippen LogP contribution in [0.1, 0.15) is 32.1 Å². The van der Waals surface area contributed by atoms with Crippen LogP contribution in [-0.4, -0.2) is 28.1 Å². The first-order valence-electron chi connectivity index (χ1n) is 7.54. The van der Waals surface area contributed by atoms with Crippen LogP contribution in [0.3, 0.4) is 0 Å². The molecule has 21 heavy (non-hydrogen) atoms. The van der Waals surface area contributed by atoms with Gasteiger partial charge in [0.15, 0.2) is 0 Å². The van der Waals surface area contributed by atoms with E-state index in [0.717, 1.165) is 19.3 Å². The van der Waals surface area contributed by atoms with Crippen molar-refractivity contribution in [1.82, 2.24) is 4.72 Å². The Kier molecular flexibility index (Phi) is 6.02. The first-order valence-corrected chi connectivity index (χ1v) is 9.03. The summed E-state index contributed by atoms with van der Waals surface area (Å²) in [6.45, 7) is 1.66. The first kappa shape index (κ1) is 16.3. The molecule has 0 radical (unpaired) electrons. The molecule has 6 heteroatoms. The lowest BCUT2D eigenvalue weighted by Gasteiger charge is -2.12. The zero-order valence-electron chi connectivity index (χ0n) is 12.3. The van der Waals surface area contributed by atoms with Gasteiger partial charge in [-0.2, -0.15) is 0 Å². The molecule has 1 aromatic carbocycles. The second kappa shape index (κ2) is 7.77. The number of hydrogen-bond acceptors (Lipinski definition) is 4. The molecule has 5 nitrogen and oxygen atoms in total. The van der Waals surface area contributed by atoms with E-state index >= 15 is 0 Å². The Morgan fingerprint density at radius 1 is 1.19 bits per heavy atom. The predicted octanol–water partition coefficient (Wildman–Crippen LogP) is 1.88. The van der Waals surface area contributed by atoms with Crippen molar-refractivity contribution in [1.29, 1.82) is 0 Å². The summed E-state index contributed by atoms with van der Waals surface area (Å²) in [6, 6.07) is 6.52. The van der Waals surface area contributed by atoms with E-state index in [9.17, 15) is 8.42 Å². The van der Waals surface area contributed by atoms with Crippen LogP contribution in [0, 0.1) is 5.92 Å². The maximum Gasteiger partial charge on any atom is 0.240 e. The molecule has 1 saturated carbocycles. The monoisotopic (exact) mass is 312 g/mol. The van der Waals surface area contributed by atoms with Crippen LogP contribution in [0.4, 0.5) is 0 Å². The fraction of sp³-hybridized carbons (Fsp3) is 0.600. The zero-order valence-corrected chi connectivity index (χ0v) is 13.1. The highest BCUT2D eigenvalue weighted by Crippen LogP contribution is 2.24. The fourth-order valence-corrected chi connectivity index (χ4v) is 3.63. The van der Waals surface area contributed by atoms with Crippen molar-refractivity contribution >= 4 is 10.0 Å². The normalized spacial score (nSPS) is 16.2. The Hall–Kier alpha value is -1.11. The van der Waals surface area contributed by atoms with Gasteiger partial charge in [0, 0.05) is 6.54 Å². The van der Waals surface area contributed by atoms with Gasteiger partial charge in [0.25, 0.3) is 0 Å². The standard InChI is InChI=1S/C15H24N2O3S/c16-10-3-11-20-14-6-8-15(9-7-14)21(18,19)17-12-13-4-1-2-5-13/h6-9,13,17H,1-5,10-12,16H2. The molecule has 0 bridgehead atoms. The van der Waals surface area contributed by atoms with Crippen molar-refractivity contribution < 1.29 is 13.2 Å². The molecule has 0 atom stereocenters. The Labute approximate surface area is 126 Å². The summed E-state index contributed by atoms with van der Waals surface area (Å²) in [5, 5.41) is 0. The minimum absolute atomic E-state index is 0.284. The van der Waals surface area contributed by atoms with Crippen LogP contribution in [0.15, 0.2) is 29.2 Å². The Balaban J connectivity index is 1.89. The average Bonchev–Trinajstić information content (AvgIpc) is 3.00. The van der Waals surface area contributed by atoms with Gasteiger partial charge in [-0.25, -0.2) is 13.1 Å². The maximum atomic E-state index is 12.2. The molecule has 0 heterocycles. The number of nitrogens with two attached hydrogens (primary N) is 1. The van der Waals surface area contributed by atoms with Gasteiger partial charge < -0.3 is 10.5 Å². The number of rotatable bonds is 8. The second-order valence-electron chi connectivity index (χ2n) is 5.46. The second-order valence-corrected chi connectivity index (χ2v) is 7.23. The molecule has 0 spiro atoms. The van der Waals surface area contributed by atoms with Crippen molar-refractivity contribution in [3.05, 3.63) is 24.3 Å². The van der Waals surface area contributed by atoms with E-state index in [-0.39, 0.29) is 4.90 Å². The maximum absolute atomic E-state index is 12.2. The number of hydrogen-bond donors (Lipinski definition) is 2. The lowest BCUT2D eigenvalue weighted by molar-refractivity contribution is 0.313. The number of sulfonamides is 1. The van der Waals surface area contributed by atoms with Gasteiger partial charge >= 0.3 is 0 Å². The summed E-state index contributed by atoms with van der Waals surface area (Å²) in [5.41, 5.74) is 5.39. The van der Waals surface area contributed by atoms with E-state index in [2.05, 4.69) is 4.72 Å². The minimum Gasteiger partial charge on any atom is -0.494 e. The summed E-state index contributed by atoms with van der Waals surface area (Å²) in [4.78, 5) is 0.284. The van der Waals surface area contributed by atoms with Crippen molar-refractivity contribution in [3.63, 3.8) is 0 Å². The predicted molar refractivity (Wildman–Crippen MR) is 82.8 cm³/mol. The lowest BCUT2D eigenvalue weighted by Crippen LogP contribution is -2.28. The molecular formula is C15H24N2O3S. The zero-order chi connectivity index (χ0) is 15.1. The van der Waals surface area contributed by atoms with Gasteiger partial charge in [-0.15, -0.1) is 0 Å². The van der Waals surface area contributed by atoms with E-state index in [4.69, 9.17) is 10.5 Å². The van der Waals surface area contributed by atoms with Gasteiger partial charge in [-0.3, -0.25) is 0 Å². The molecule has 0 aliphatic heterocycles. The Morgan fingerprint density at radius 3 is 2.48 bits per heavy atom. The SMILES string of the molecule is NCCCOc1ccc(S(=O)(=O)NCC2CCCC2)cc1. The third kappa shape index (κ3) is 4.98. The van der Waals surface area contributed by atoms with Crippen molar-refractivity contribution in [2.45, 2.75) is 37.0 Å². The minimum atomic E-state index is -3.42. The molecule has 1 aliphatic rings. The average molecular weight is 312 g/mol. The molecule has 1 aliphatic carbocycles. The number of ether oxygens (including phenoxy) is 1. The van der Waals surface area contributed by atoms with E-state index in [0.29, 0.717) is 31.4 Å². The molecule has 2 rings (SSSR count).